The van der Waals surface area contributed by atoms with Gasteiger partial charge in [0, 0.05) is 18.2 Å². The second-order valence-corrected chi connectivity index (χ2v) is 9.31. The van der Waals surface area contributed by atoms with Crippen LogP contribution in [0.1, 0.15) is 34.5 Å². The summed E-state index contributed by atoms with van der Waals surface area (Å²) in [5, 5.41) is 2.89. The minimum Gasteiger partial charge on any atom is -0.468 e. The summed E-state index contributed by atoms with van der Waals surface area (Å²) in [5.74, 6) is -2.15. The van der Waals surface area contributed by atoms with Crippen molar-refractivity contribution in [3.8, 4) is 0 Å². The highest BCUT2D eigenvalue weighted by Crippen LogP contribution is 2.24. The first-order chi connectivity index (χ1) is 14.8. The number of benzene rings is 2. The minimum absolute atomic E-state index is 0.0491. The Kier molecular flexibility index (Phi) is 5.88. The Morgan fingerprint density at radius 3 is 2.39 bits per heavy atom. The monoisotopic (exact) mass is 446 g/mol. The zero-order valence-corrected chi connectivity index (χ0v) is 17.2. The summed E-state index contributed by atoms with van der Waals surface area (Å²) < 4.78 is 59.7. The van der Waals surface area contributed by atoms with Gasteiger partial charge in [-0.15, -0.1) is 0 Å². The summed E-state index contributed by atoms with van der Waals surface area (Å²) in [6.45, 7) is -0.148. The number of nitrogens with one attached hydrogen (secondary N) is 1. The molecule has 0 saturated heterocycles. The molecule has 2 aromatic carbocycles. The van der Waals surface area contributed by atoms with Crippen molar-refractivity contribution in [1.82, 2.24) is 9.62 Å². The standard InChI is InChI=1S/C22H20F2N2O4S/c23-20-10-9-19(12-21(20)24)31(28,29)26(14-18-2-1-11-30-18)13-15-3-5-16(6-4-15)22(27)25-17-7-8-17/h1-6,9-12,17H,7-8,13-14H2,(H,25,27). The van der Waals surface area contributed by atoms with E-state index in [0.29, 0.717) is 23.0 Å². The molecule has 1 aliphatic carbocycles. The molecule has 162 valence electrons. The van der Waals surface area contributed by atoms with Crippen molar-refractivity contribution in [3.63, 3.8) is 0 Å². The molecular formula is C22H20F2N2O4S. The summed E-state index contributed by atoms with van der Waals surface area (Å²) in [7, 11) is -4.16. The van der Waals surface area contributed by atoms with Crippen LogP contribution in [0.3, 0.4) is 0 Å². The van der Waals surface area contributed by atoms with Crippen LogP contribution in [0.4, 0.5) is 8.78 Å². The normalized spacial score (nSPS) is 14.0. The molecule has 4 rings (SSSR count). The first-order valence-electron chi connectivity index (χ1n) is 9.70. The van der Waals surface area contributed by atoms with Crippen LogP contribution in [-0.4, -0.2) is 24.7 Å². The van der Waals surface area contributed by atoms with Crippen LogP contribution in [0, 0.1) is 11.6 Å². The fourth-order valence-electron chi connectivity index (χ4n) is 3.05. The van der Waals surface area contributed by atoms with E-state index in [2.05, 4.69) is 5.32 Å². The van der Waals surface area contributed by atoms with Crippen LogP contribution in [0.2, 0.25) is 0 Å². The van der Waals surface area contributed by atoms with E-state index in [1.165, 1.54) is 6.26 Å². The van der Waals surface area contributed by atoms with Crippen LogP contribution in [0.15, 0.2) is 70.2 Å². The highest BCUT2D eigenvalue weighted by molar-refractivity contribution is 7.89. The zero-order valence-electron chi connectivity index (χ0n) is 16.4. The lowest BCUT2D eigenvalue weighted by atomic mass is 10.1. The van der Waals surface area contributed by atoms with Crippen molar-refractivity contribution in [2.24, 2.45) is 0 Å². The van der Waals surface area contributed by atoms with E-state index >= 15 is 0 Å². The molecule has 1 heterocycles. The molecule has 0 bridgehead atoms. The molecule has 1 fully saturated rings. The fourth-order valence-corrected chi connectivity index (χ4v) is 4.46. The SMILES string of the molecule is O=C(NC1CC1)c1ccc(CN(Cc2ccco2)S(=O)(=O)c2ccc(F)c(F)c2)cc1. The fraction of sp³-hybridized carbons (Fsp3) is 0.227. The number of rotatable bonds is 8. The molecule has 9 heteroatoms. The molecule has 0 spiro atoms. The Hall–Kier alpha value is -3.04. The Morgan fingerprint density at radius 1 is 1.03 bits per heavy atom. The van der Waals surface area contributed by atoms with E-state index < -0.39 is 21.7 Å². The largest absolute Gasteiger partial charge is 0.468 e. The highest BCUT2D eigenvalue weighted by Gasteiger charge is 2.27. The molecule has 1 aromatic heterocycles. The average Bonchev–Trinajstić information content (AvgIpc) is 3.41. The number of hydrogen-bond donors (Lipinski definition) is 1. The van der Waals surface area contributed by atoms with Crippen LogP contribution >= 0.6 is 0 Å². The number of carbonyl (C=O) groups excluding carboxylic acids is 1. The van der Waals surface area contributed by atoms with E-state index in [0.717, 1.165) is 29.3 Å². The van der Waals surface area contributed by atoms with Crippen LogP contribution < -0.4 is 5.32 Å². The van der Waals surface area contributed by atoms with Gasteiger partial charge in [0.05, 0.1) is 17.7 Å². The predicted octanol–water partition coefficient (Wildman–Crippen LogP) is 3.84. The molecular weight excluding hydrogens is 426 g/mol. The van der Waals surface area contributed by atoms with Gasteiger partial charge in [-0.25, -0.2) is 17.2 Å². The lowest BCUT2D eigenvalue weighted by Crippen LogP contribution is -2.30. The van der Waals surface area contributed by atoms with Crippen LogP contribution in [0.5, 0.6) is 0 Å². The minimum atomic E-state index is -4.16. The van der Waals surface area contributed by atoms with Gasteiger partial charge >= 0.3 is 0 Å². The molecule has 6 nitrogen and oxygen atoms in total. The number of carbonyl (C=O) groups is 1. The predicted molar refractivity (Wildman–Crippen MR) is 108 cm³/mol. The Morgan fingerprint density at radius 2 is 1.77 bits per heavy atom. The lowest BCUT2D eigenvalue weighted by molar-refractivity contribution is 0.0951. The first kappa shape index (κ1) is 21.2. The number of sulfonamides is 1. The number of halogens is 2. The molecule has 31 heavy (non-hydrogen) atoms. The molecule has 1 N–H and O–H groups in total. The summed E-state index contributed by atoms with van der Waals surface area (Å²) in [6.07, 6.45) is 3.38. The van der Waals surface area contributed by atoms with Gasteiger partial charge in [-0.3, -0.25) is 4.79 Å². The molecule has 0 atom stereocenters. The Balaban J connectivity index is 1.58. The van der Waals surface area contributed by atoms with Gasteiger partial charge in [0.1, 0.15) is 5.76 Å². The van der Waals surface area contributed by atoms with Gasteiger partial charge < -0.3 is 9.73 Å². The maximum absolute atomic E-state index is 13.7. The van der Waals surface area contributed by atoms with Crippen molar-refractivity contribution in [2.75, 3.05) is 0 Å². The summed E-state index contributed by atoms with van der Waals surface area (Å²) in [6, 6.07) is 12.5. The van der Waals surface area contributed by atoms with Crippen molar-refractivity contribution >= 4 is 15.9 Å². The third-order valence-corrected chi connectivity index (χ3v) is 6.72. The lowest BCUT2D eigenvalue weighted by Gasteiger charge is -2.21. The van der Waals surface area contributed by atoms with E-state index in [1.54, 1.807) is 36.4 Å². The van der Waals surface area contributed by atoms with Crippen molar-refractivity contribution in [2.45, 2.75) is 36.9 Å². The Labute approximate surface area is 178 Å². The van der Waals surface area contributed by atoms with Crippen LogP contribution in [0.25, 0.3) is 0 Å². The summed E-state index contributed by atoms with van der Waals surface area (Å²) >= 11 is 0. The van der Waals surface area contributed by atoms with E-state index in [9.17, 15) is 22.0 Å². The first-order valence-corrected chi connectivity index (χ1v) is 11.1. The quantitative estimate of drug-likeness (QED) is 0.570. The van der Waals surface area contributed by atoms with Gasteiger partial charge in [-0.1, -0.05) is 12.1 Å². The summed E-state index contributed by atoms with van der Waals surface area (Å²) in [4.78, 5) is 11.8. The molecule has 1 amide bonds. The topological polar surface area (TPSA) is 79.6 Å². The Bertz CT molecular complexity index is 1170. The van der Waals surface area contributed by atoms with Gasteiger partial charge in [0.15, 0.2) is 11.6 Å². The van der Waals surface area contributed by atoms with Gasteiger partial charge in [-0.05, 0) is 60.9 Å². The molecule has 0 aliphatic heterocycles. The third-order valence-electron chi connectivity index (χ3n) is 4.93. The molecule has 0 unspecified atom stereocenters. The molecule has 1 saturated carbocycles. The smallest absolute Gasteiger partial charge is 0.251 e. The van der Waals surface area contributed by atoms with E-state index in [1.807, 2.05) is 0 Å². The van der Waals surface area contributed by atoms with Crippen molar-refractivity contribution in [1.29, 1.82) is 0 Å². The molecule has 0 radical (unpaired) electrons. The van der Waals surface area contributed by atoms with E-state index in [4.69, 9.17) is 4.42 Å². The van der Waals surface area contributed by atoms with Crippen molar-refractivity contribution in [3.05, 3.63) is 89.4 Å². The molecule has 1 aliphatic rings. The molecule has 3 aromatic rings. The zero-order chi connectivity index (χ0) is 22.0. The number of amides is 1. The number of hydrogen-bond acceptors (Lipinski definition) is 4. The maximum Gasteiger partial charge on any atom is 0.251 e. The second-order valence-electron chi connectivity index (χ2n) is 7.37. The second kappa shape index (κ2) is 8.60. The number of nitrogens with zero attached hydrogens (tertiary/aromatic N) is 1. The van der Waals surface area contributed by atoms with Gasteiger partial charge in [0.2, 0.25) is 10.0 Å². The maximum atomic E-state index is 13.7. The van der Waals surface area contributed by atoms with Gasteiger partial charge in [0.25, 0.3) is 5.91 Å². The average molecular weight is 446 g/mol. The summed E-state index contributed by atoms with van der Waals surface area (Å²) in [5.41, 5.74) is 1.11. The third kappa shape index (κ3) is 5.00. The van der Waals surface area contributed by atoms with Crippen LogP contribution in [-0.2, 0) is 23.1 Å². The van der Waals surface area contributed by atoms with E-state index in [-0.39, 0.29) is 29.9 Å². The number of furan rings is 1. The van der Waals surface area contributed by atoms with Gasteiger partial charge in [-0.2, -0.15) is 4.31 Å². The highest BCUT2D eigenvalue weighted by atomic mass is 32.2. The van der Waals surface area contributed by atoms with Crippen molar-refractivity contribution < 1.29 is 26.4 Å².